The van der Waals surface area contributed by atoms with Crippen molar-refractivity contribution in [1.29, 1.82) is 0 Å². The summed E-state index contributed by atoms with van der Waals surface area (Å²) < 4.78 is 1.21. The molecule has 1 aromatic heterocycles. The van der Waals surface area contributed by atoms with Crippen LogP contribution in [0.5, 0.6) is 0 Å². The van der Waals surface area contributed by atoms with Crippen LogP contribution >= 0.6 is 27.3 Å². The Bertz CT molecular complexity index is 496. The topological polar surface area (TPSA) is 24.1 Å². The summed E-state index contributed by atoms with van der Waals surface area (Å²) in [5.41, 5.74) is 2.48. The first kappa shape index (κ1) is 13.6. The van der Waals surface area contributed by atoms with Crippen LogP contribution in [0.25, 0.3) is 0 Å². The summed E-state index contributed by atoms with van der Waals surface area (Å²) in [6.45, 7) is 1.93. The molecule has 0 aliphatic carbocycles. The Labute approximate surface area is 121 Å². The van der Waals surface area contributed by atoms with Crippen molar-refractivity contribution in [2.24, 2.45) is 0 Å². The van der Waals surface area contributed by atoms with Crippen molar-refractivity contribution in [2.45, 2.75) is 13.0 Å². The predicted molar refractivity (Wildman–Crippen MR) is 83.4 cm³/mol. The number of anilines is 1. The van der Waals surface area contributed by atoms with E-state index in [1.54, 1.807) is 11.3 Å². The fourth-order valence-electron chi connectivity index (χ4n) is 1.77. The van der Waals surface area contributed by atoms with Crippen LogP contribution in [0.3, 0.4) is 0 Å². The van der Waals surface area contributed by atoms with Gasteiger partial charge < -0.3 is 10.6 Å². The Balaban J connectivity index is 1.74. The first-order valence-electron chi connectivity index (χ1n) is 5.99. The van der Waals surface area contributed by atoms with Crippen molar-refractivity contribution in [3.05, 3.63) is 50.6 Å². The van der Waals surface area contributed by atoms with Crippen LogP contribution in [0.15, 0.2) is 40.2 Å². The zero-order valence-electron chi connectivity index (χ0n) is 10.4. The van der Waals surface area contributed by atoms with E-state index >= 15 is 0 Å². The van der Waals surface area contributed by atoms with Gasteiger partial charge in [-0.1, -0.05) is 12.1 Å². The lowest BCUT2D eigenvalue weighted by Crippen LogP contribution is -2.16. The molecule has 0 amide bonds. The lowest BCUT2D eigenvalue weighted by molar-refractivity contribution is 0.691. The molecule has 0 fully saturated rings. The number of halogens is 1. The van der Waals surface area contributed by atoms with Gasteiger partial charge in [0.25, 0.3) is 0 Å². The van der Waals surface area contributed by atoms with Crippen LogP contribution in [-0.4, -0.2) is 13.6 Å². The average Bonchev–Trinajstić information content (AvgIpc) is 2.81. The maximum atomic E-state index is 3.48. The van der Waals surface area contributed by atoms with Gasteiger partial charge in [0.15, 0.2) is 0 Å². The Kier molecular flexibility index (Phi) is 5.23. The maximum absolute atomic E-state index is 3.48. The second kappa shape index (κ2) is 6.92. The van der Waals surface area contributed by atoms with Crippen molar-refractivity contribution < 1.29 is 0 Å². The molecule has 0 aliphatic rings. The highest BCUT2D eigenvalue weighted by molar-refractivity contribution is 9.11. The van der Waals surface area contributed by atoms with E-state index in [2.05, 4.69) is 63.0 Å². The lowest BCUT2D eigenvalue weighted by Gasteiger charge is -2.06. The smallest absolute Gasteiger partial charge is 0.0701 e. The molecule has 1 heterocycles. The lowest BCUT2D eigenvalue weighted by atomic mass is 10.2. The zero-order valence-corrected chi connectivity index (χ0v) is 12.8. The molecule has 0 saturated carbocycles. The Morgan fingerprint density at radius 2 is 2.11 bits per heavy atom. The molecule has 0 radical (unpaired) electrons. The number of benzene rings is 1. The number of nitrogens with one attached hydrogen (secondary N) is 2. The van der Waals surface area contributed by atoms with Crippen LogP contribution in [0.4, 0.5) is 5.69 Å². The summed E-state index contributed by atoms with van der Waals surface area (Å²) >= 11 is 5.29. The highest BCUT2D eigenvalue weighted by atomic mass is 79.9. The van der Waals surface area contributed by atoms with Gasteiger partial charge in [0.2, 0.25) is 0 Å². The van der Waals surface area contributed by atoms with Crippen LogP contribution in [0, 0.1) is 0 Å². The highest BCUT2D eigenvalue weighted by Gasteiger charge is 1.98. The minimum absolute atomic E-state index is 0.919. The quantitative estimate of drug-likeness (QED) is 0.788. The standard InChI is InChI=1S/C14H17BrN2S/c1-16-12-4-2-3-11(9-12)10-17-8-7-13-5-6-14(15)18-13/h2-6,9,16-17H,7-8,10H2,1H3. The van der Waals surface area contributed by atoms with E-state index in [9.17, 15) is 0 Å². The summed E-state index contributed by atoms with van der Waals surface area (Å²) in [6.07, 6.45) is 1.09. The van der Waals surface area contributed by atoms with Gasteiger partial charge in [-0.15, -0.1) is 11.3 Å². The molecule has 4 heteroatoms. The molecule has 2 rings (SSSR count). The zero-order chi connectivity index (χ0) is 12.8. The monoisotopic (exact) mass is 324 g/mol. The number of hydrogen-bond acceptors (Lipinski definition) is 3. The van der Waals surface area contributed by atoms with Crippen LogP contribution in [0.2, 0.25) is 0 Å². The normalized spacial score (nSPS) is 10.6. The van der Waals surface area contributed by atoms with Crippen molar-refractivity contribution >= 4 is 33.0 Å². The molecule has 2 aromatic rings. The minimum atomic E-state index is 0.919. The van der Waals surface area contributed by atoms with Gasteiger partial charge in [-0.25, -0.2) is 0 Å². The van der Waals surface area contributed by atoms with E-state index in [-0.39, 0.29) is 0 Å². The van der Waals surface area contributed by atoms with Gasteiger partial charge in [-0.3, -0.25) is 0 Å². The molecular formula is C14H17BrN2S. The minimum Gasteiger partial charge on any atom is -0.388 e. The molecule has 2 N–H and O–H groups in total. The number of hydrogen-bond donors (Lipinski definition) is 2. The summed E-state index contributed by atoms with van der Waals surface area (Å²) in [5.74, 6) is 0. The molecule has 0 saturated heterocycles. The van der Waals surface area contributed by atoms with Gasteiger partial charge in [0, 0.05) is 30.7 Å². The Hall–Kier alpha value is -0.840. The largest absolute Gasteiger partial charge is 0.388 e. The molecule has 0 bridgehead atoms. The molecule has 0 spiro atoms. The highest BCUT2D eigenvalue weighted by Crippen LogP contribution is 2.22. The molecule has 0 aliphatic heterocycles. The first-order valence-corrected chi connectivity index (χ1v) is 7.60. The molecule has 0 unspecified atom stereocenters. The molecular weight excluding hydrogens is 308 g/mol. The van der Waals surface area contributed by atoms with Crippen LogP contribution in [0.1, 0.15) is 10.4 Å². The number of thiophene rings is 1. The van der Waals surface area contributed by atoms with Crippen LogP contribution < -0.4 is 10.6 Å². The summed E-state index contributed by atoms with van der Waals surface area (Å²) in [5, 5.41) is 6.63. The van der Waals surface area contributed by atoms with E-state index in [4.69, 9.17) is 0 Å². The van der Waals surface area contributed by atoms with Crippen molar-refractivity contribution in [2.75, 3.05) is 18.9 Å². The third-order valence-electron chi connectivity index (χ3n) is 2.72. The molecule has 96 valence electrons. The van der Waals surface area contributed by atoms with Gasteiger partial charge >= 0.3 is 0 Å². The van der Waals surface area contributed by atoms with Gasteiger partial charge in [-0.2, -0.15) is 0 Å². The Morgan fingerprint density at radius 3 is 2.83 bits per heavy atom. The fourth-order valence-corrected chi connectivity index (χ4v) is 3.25. The van der Waals surface area contributed by atoms with Crippen LogP contribution in [-0.2, 0) is 13.0 Å². The third kappa shape index (κ3) is 4.12. The maximum Gasteiger partial charge on any atom is 0.0701 e. The van der Waals surface area contributed by atoms with E-state index in [0.29, 0.717) is 0 Å². The fraction of sp³-hybridized carbons (Fsp3) is 0.286. The van der Waals surface area contributed by atoms with Gasteiger partial charge in [0.05, 0.1) is 3.79 Å². The van der Waals surface area contributed by atoms with E-state index in [1.807, 2.05) is 7.05 Å². The van der Waals surface area contributed by atoms with E-state index in [1.165, 1.54) is 14.2 Å². The molecule has 18 heavy (non-hydrogen) atoms. The van der Waals surface area contributed by atoms with E-state index in [0.717, 1.165) is 25.2 Å². The Morgan fingerprint density at radius 1 is 1.22 bits per heavy atom. The summed E-state index contributed by atoms with van der Waals surface area (Å²) in [7, 11) is 1.95. The van der Waals surface area contributed by atoms with Crippen molar-refractivity contribution in [1.82, 2.24) is 5.32 Å². The van der Waals surface area contributed by atoms with E-state index < -0.39 is 0 Å². The van der Waals surface area contributed by atoms with Gasteiger partial charge in [-0.05, 0) is 52.2 Å². The predicted octanol–water partition coefficient (Wildman–Crippen LogP) is 3.88. The second-order valence-corrected chi connectivity index (χ2v) is 6.63. The molecule has 0 atom stereocenters. The van der Waals surface area contributed by atoms with Gasteiger partial charge in [0.1, 0.15) is 0 Å². The van der Waals surface area contributed by atoms with Crippen molar-refractivity contribution in [3.63, 3.8) is 0 Å². The van der Waals surface area contributed by atoms with Crippen molar-refractivity contribution in [3.8, 4) is 0 Å². The summed E-state index contributed by atoms with van der Waals surface area (Å²) in [6, 6.07) is 12.8. The first-order chi connectivity index (χ1) is 8.78. The SMILES string of the molecule is CNc1cccc(CNCCc2ccc(Br)s2)c1. The summed E-state index contributed by atoms with van der Waals surface area (Å²) in [4.78, 5) is 1.42. The number of rotatable bonds is 6. The average molecular weight is 325 g/mol. The second-order valence-electron chi connectivity index (χ2n) is 4.08. The molecule has 2 nitrogen and oxygen atoms in total. The third-order valence-corrected chi connectivity index (χ3v) is 4.41. The molecule has 1 aromatic carbocycles.